The van der Waals surface area contributed by atoms with Crippen molar-refractivity contribution in [2.75, 3.05) is 49.9 Å². The highest BCUT2D eigenvalue weighted by Gasteiger charge is 2.27. The first-order valence-electron chi connectivity index (χ1n) is 9.51. The van der Waals surface area contributed by atoms with E-state index in [0.717, 1.165) is 0 Å². The maximum absolute atomic E-state index is 11.9. The van der Waals surface area contributed by atoms with E-state index in [2.05, 4.69) is 36.7 Å². The Balaban J connectivity index is 0.000000809. The molecule has 32 heavy (non-hydrogen) atoms. The van der Waals surface area contributed by atoms with Crippen molar-refractivity contribution < 1.29 is 38.2 Å². The fourth-order valence-corrected chi connectivity index (χ4v) is 2.04. The van der Waals surface area contributed by atoms with Crippen molar-refractivity contribution in [2.24, 2.45) is 5.92 Å². The summed E-state index contributed by atoms with van der Waals surface area (Å²) in [4.78, 5) is 55.5. The van der Waals surface area contributed by atoms with Crippen LogP contribution >= 0.6 is 0 Å². The molecule has 1 atom stereocenters. The molecule has 2 amide bonds. The van der Waals surface area contributed by atoms with Gasteiger partial charge < -0.3 is 35.0 Å². The van der Waals surface area contributed by atoms with Crippen molar-refractivity contribution in [3.05, 3.63) is 30.4 Å². The number of aldehydes is 1. The second-order valence-electron chi connectivity index (χ2n) is 6.04. The van der Waals surface area contributed by atoms with Gasteiger partial charge in [-0.3, -0.25) is 14.4 Å². The summed E-state index contributed by atoms with van der Waals surface area (Å²) in [5.74, 6) is -3.61. The number of methoxy groups -OCH3 is 1. The van der Waals surface area contributed by atoms with E-state index in [1.807, 2.05) is 0 Å². The van der Waals surface area contributed by atoms with Crippen LogP contribution in [0.3, 0.4) is 0 Å². The molecule has 1 aromatic carbocycles. The standard InChI is InChI=1S/C14H17N3O5.C7H12O3/c1-3-22-14(21)10(7-18)13(20)17-9-4-5-11(15-2)12(6-9)16-8-19;1-6(2)7(8)10-5-4-9-3/h4-8,10,15H,3H2,1-2H3,(H,16,19)(H,17,20);1,4-5H2,2-3H3. The quantitative estimate of drug-likeness (QED) is 0.141. The summed E-state index contributed by atoms with van der Waals surface area (Å²) in [5, 5.41) is 7.76. The normalized spacial score (nSPS) is 10.4. The van der Waals surface area contributed by atoms with Crippen LogP contribution < -0.4 is 16.0 Å². The number of hydrogen-bond acceptors (Lipinski definition) is 9. The zero-order chi connectivity index (χ0) is 24.5. The average Bonchev–Trinajstić information content (AvgIpc) is 2.75. The van der Waals surface area contributed by atoms with Gasteiger partial charge in [0, 0.05) is 25.4 Å². The number of benzene rings is 1. The van der Waals surface area contributed by atoms with E-state index in [1.54, 1.807) is 40.1 Å². The fraction of sp³-hybridized carbons (Fsp3) is 0.381. The van der Waals surface area contributed by atoms with Crippen LogP contribution in [0, 0.1) is 5.92 Å². The maximum atomic E-state index is 11.9. The lowest BCUT2D eigenvalue weighted by atomic mass is 10.1. The minimum atomic E-state index is -1.54. The minimum absolute atomic E-state index is 0.0702. The highest BCUT2D eigenvalue weighted by Crippen LogP contribution is 2.25. The molecular formula is C21H29N3O8. The molecular weight excluding hydrogens is 422 g/mol. The van der Waals surface area contributed by atoms with Crippen molar-refractivity contribution in [3.8, 4) is 0 Å². The molecule has 1 aromatic rings. The number of amides is 2. The van der Waals surface area contributed by atoms with Crippen LogP contribution in [0.4, 0.5) is 17.1 Å². The molecule has 176 valence electrons. The van der Waals surface area contributed by atoms with Gasteiger partial charge in [0.05, 0.1) is 24.6 Å². The van der Waals surface area contributed by atoms with Crippen LogP contribution in [-0.2, 0) is 38.2 Å². The predicted octanol–water partition coefficient (Wildman–Crippen LogP) is 1.37. The van der Waals surface area contributed by atoms with Crippen molar-refractivity contribution in [2.45, 2.75) is 13.8 Å². The molecule has 0 fully saturated rings. The smallest absolute Gasteiger partial charge is 0.333 e. The number of nitrogens with one attached hydrogen (secondary N) is 3. The Morgan fingerprint density at radius 2 is 1.81 bits per heavy atom. The summed E-state index contributed by atoms with van der Waals surface area (Å²) in [5.41, 5.74) is 1.82. The molecule has 0 aliphatic heterocycles. The van der Waals surface area contributed by atoms with Crippen LogP contribution in [0.1, 0.15) is 13.8 Å². The maximum Gasteiger partial charge on any atom is 0.333 e. The van der Waals surface area contributed by atoms with E-state index in [0.29, 0.717) is 42.3 Å². The third kappa shape index (κ3) is 10.3. The minimum Gasteiger partial charge on any atom is -0.465 e. The van der Waals surface area contributed by atoms with E-state index in [9.17, 15) is 24.0 Å². The highest BCUT2D eigenvalue weighted by molar-refractivity contribution is 6.14. The second kappa shape index (κ2) is 16.0. The van der Waals surface area contributed by atoms with E-state index in [-0.39, 0.29) is 18.9 Å². The van der Waals surface area contributed by atoms with Crippen molar-refractivity contribution >= 4 is 47.6 Å². The zero-order valence-electron chi connectivity index (χ0n) is 18.6. The van der Waals surface area contributed by atoms with Crippen LogP contribution in [0.15, 0.2) is 30.4 Å². The Hall–Kier alpha value is -3.73. The van der Waals surface area contributed by atoms with Crippen LogP contribution in [0.2, 0.25) is 0 Å². The lowest BCUT2D eigenvalue weighted by Crippen LogP contribution is -2.32. The summed E-state index contributed by atoms with van der Waals surface area (Å²) in [6, 6.07) is 4.68. The van der Waals surface area contributed by atoms with Crippen LogP contribution in [-0.4, -0.2) is 64.5 Å². The topological polar surface area (TPSA) is 149 Å². The number of anilines is 3. The lowest BCUT2D eigenvalue weighted by Gasteiger charge is -2.13. The fourth-order valence-electron chi connectivity index (χ4n) is 2.04. The Labute approximate surface area is 186 Å². The number of carbonyl (C=O) groups is 5. The van der Waals surface area contributed by atoms with Gasteiger partial charge in [0.1, 0.15) is 12.9 Å². The Morgan fingerprint density at radius 3 is 2.31 bits per heavy atom. The van der Waals surface area contributed by atoms with Crippen LogP contribution in [0.5, 0.6) is 0 Å². The van der Waals surface area contributed by atoms with Gasteiger partial charge in [0.25, 0.3) is 0 Å². The van der Waals surface area contributed by atoms with E-state index in [4.69, 9.17) is 0 Å². The number of esters is 2. The number of ether oxygens (including phenoxy) is 3. The van der Waals surface area contributed by atoms with Crippen molar-refractivity contribution in [1.29, 1.82) is 0 Å². The van der Waals surface area contributed by atoms with Crippen molar-refractivity contribution in [3.63, 3.8) is 0 Å². The molecule has 0 aliphatic carbocycles. The number of rotatable bonds is 12. The van der Waals surface area contributed by atoms with Gasteiger partial charge >= 0.3 is 11.9 Å². The van der Waals surface area contributed by atoms with E-state index >= 15 is 0 Å². The summed E-state index contributed by atoms with van der Waals surface area (Å²) < 4.78 is 14.0. The highest BCUT2D eigenvalue weighted by atomic mass is 16.6. The summed E-state index contributed by atoms with van der Waals surface area (Å²) in [6.45, 7) is 7.39. The molecule has 1 rings (SSSR count). The third-order valence-electron chi connectivity index (χ3n) is 3.60. The van der Waals surface area contributed by atoms with Gasteiger partial charge in [-0.15, -0.1) is 0 Å². The van der Waals surface area contributed by atoms with Gasteiger partial charge in [-0.2, -0.15) is 0 Å². The summed E-state index contributed by atoms with van der Waals surface area (Å²) >= 11 is 0. The molecule has 0 radical (unpaired) electrons. The van der Waals surface area contributed by atoms with E-state index in [1.165, 1.54) is 6.07 Å². The summed E-state index contributed by atoms with van der Waals surface area (Å²) in [7, 11) is 3.22. The van der Waals surface area contributed by atoms with Crippen LogP contribution in [0.25, 0.3) is 0 Å². The molecule has 11 heteroatoms. The molecule has 0 heterocycles. The van der Waals surface area contributed by atoms with Gasteiger partial charge in [0.15, 0.2) is 5.92 Å². The monoisotopic (exact) mass is 451 g/mol. The lowest BCUT2D eigenvalue weighted by molar-refractivity contribution is -0.152. The molecule has 0 saturated carbocycles. The van der Waals surface area contributed by atoms with Crippen molar-refractivity contribution in [1.82, 2.24) is 0 Å². The molecule has 1 unspecified atom stereocenters. The molecule has 0 aromatic heterocycles. The molecule has 11 nitrogen and oxygen atoms in total. The molecule has 0 bridgehead atoms. The predicted molar refractivity (Wildman–Crippen MR) is 118 cm³/mol. The Bertz CT molecular complexity index is 810. The van der Waals surface area contributed by atoms with Gasteiger partial charge in [0.2, 0.25) is 12.3 Å². The number of hydrogen-bond donors (Lipinski definition) is 3. The molecule has 3 N–H and O–H groups in total. The first-order chi connectivity index (χ1) is 15.2. The van der Waals surface area contributed by atoms with Gasteiger partial charge in [-0.1, -0.05) is 6.58 Å². The number of carbonyl (C=O) groups excluding carboxylic acids is 5. The SMILES string of the molecule is C=C(C)C(=O)OCCOC.CCOC(=O)C(C=O)C(=O)Nc1ccc(NC)c(NC=O)c1. The third-order valence-corrected chi connectivity index (χ3v) is 3.60. The zero-order valence-corrected chi connectivity index (χ0v) is 18.6. The van der Waals surface area contributed by atoms with E-state index < -0.39 is 17.8 Å². The molecule has 0 saturated heterocycles. The average molecular weight is 451 g/mol. The largest absolute Gasteiger partial charge is 0.465 e. The Morgan fingerprint density at radius 1 is 1.12 bits per heavy atom. The van der Waals surface area contributed by atoms with Gasteiger partial charge in [-0.25, -0.2) is 4.79 Å². The molecule has 0 spiro atoms. The molecule has 0 aliphatic rings. The Kier molecular flexibility index (Phi) is 14.2. The van der Waals surface area contributed by atoms with Gasteiger partial charge in [-0.05, 0) is 32.0 Å². The summed E-state index contributed by atoms with van der Waals surface area (Å²) in [6.07, 6.45) is 0.717. The second-order valence-corrected chi connectivity index (χ2v) is 6.04. The first-order valence-corrected chi connectivity index (χ1v) is 9.51. The first kappa shape index (κ1) is 28.3.